The molecule has 6 heteroatoms. The predicted molar refractivity (Wildman–Crippen MR) is 45.6 cm³/mol. The van der Waals surface area contributed by atoms with Gasteiger partial charge < -0.3 is 0 Å². The van der Waals surface area contributed by atoms with Gasteiger partial charge in [-0.05, 0) is 28.1 Å². The number of aromatic nitrogens is 3. The number of hydrogen-bond acceptors (Lipinski definition) is 2. The second-order valence-electron chi connectivity index (χ2n) is 2.43. The first kappa shape index (κ1) is 8.55. The smallest absolute Gasteiger partial charge is 0.280 e. The quantitative estimate of drug-likeness (QED) is 0.775. The van der Waals surface area contributed by atoms with Crippen LogP contribution >= 0.6 is 15.9 Å². The highest BCUT2D eigenvalue weighted by molar-refractivity contribution is 9.10. The van der Waals surface area contributed by atoms with Crippen LogP contribution in [0.25, 0.3) is 5.65 Å². The van der Waals surface area contributed by atoms with Crippen molar-refractivity contribution in [2.24, 2.45) is 0 Å². The van der Waals surface area contributed by atoms with Crippen LogP contribution in [0.4, 0.5) is 8.78 Å². The molecular formula is C7H4BrF2N3. The van der Waals surface area contributed by atoms with Crippen LogP contribution in [0.3, 0.4) is 0 Å². The second-order valence-corrected chi connectivity index (χ2v) is 3.35. The van der Waals surface area contributed by atoms with E-state index in [9.17, 15) is 8.78 Å². The molecule has 0 saturated carbocycles. The molecule has 2 aromatic rings. The van der Waals surface area contributed by atoms with E-state index in [1.807, 2.05) is 0 Å². The van der Waals surface area contributed by atoms with Gasteiger partial charge in [-0.2, -0.15) is 0 Å². The van der Waals surface area contributed by atoms with Crippen LogP contribution in [0, 0.1) is 0 Å². The Balaban J connectivity index is 2.71. The Morgan fingerprint density at radius 2 is 2.08 bits per heavy atom. The lowest BCUT2D eigenvalue weighted by atomic mass is 10.5. The van der Waals surface area contributed by atoms with Crippen molar-refractivity contribution in [3.05, 3.63) is 28.6 Å². The van der Waals surface area contributed by atoms with Gasteiger partial charge in [0.25, 0.3) is 6.43 Å². The molecule has 13 heavy (non-hydrogen) atoms. The molecule has 0 aliphatic heterocycles. The number of alkyl halides is 2. The van der Waals surface area contributed by atoms with Gasteiger partial charge >= 0.3 is 0 Å². The van der Waals surface area contributed by atoms with E-state index in [1.54, 1.807) is 12.1 Å². The van der Waals surface area contributed by atoms with Crippen molar-refractivity contribution in [2.45, 2.75) is 6.43 Å². The highest BCUT2D eigenvalue weighted by Crippen LogP contribution is 2.19. The Morgan fingerprint density at radius 3 is 2.77 bits per heavy atom. The molecule has 0 amide bonds. The molecule has 3 nitrogen and oxygen atoms in total. The first-order valence-corrected chi connectivity index (χ1v) is 4.26. The zero-order chi connectivity index (χ0) is 9.42. The molecule has 0 bridgehead atoms. The van der Waals surface area contributed by atoms with Gasteiger partial charge in [0.05, 0.1) is 0 Å². The Morgan fingerprint density at radius 1 is 1.31 bits per heavy atom. The molecule has 0 aromatic carbocycles. The van der Waals surface area contributed by atoms with Gasteiger partial charge in [-0.3, -0.25) is 4.40 Å². The lowest BCUT2D eigenvalue weighted by Gasteiger charge is -1.97. The third-order valence-electron chi connectivity index (χ3n) is 1.59. The number of nitrogens with zero attached hydrogens (tertiary/aromatic N) is 3. The second kappa shape index (κ2) is 3.02. The molecule has 0 aliphatic rings. The monoisotopic (exact) mass is 247 g/mol. The third kappa shape index (κ3) is 1.41. The van der Waals surface area contributed by atoms with E-state index in [2.05, 4.69) is 26.1 Å². The summed E-state index contributed by atoms with van der Waals surface area (Å²) >= 11 is 3.18. The van der Waals surface area contributed by atoms with Crippen molar-refractivity contribution in [3.63, 3.8) is 0 Å². The van der Waals surface area contributed by atoms with E-state index < -0.39 is 6.43 Å². The van der Waals surface area contributed by atoms with Gasteiger partial charge in [-0.25, -0.2) is 8.78 Å². The first-order chi connectivity index (χ1) is 6.18. The van der Waals surface area contributed by atoms with Gasteiger partial charge in [0, 0.05) is 10.7 Å². The molecule has 0 radical (unpaired) electrons. The minimum atomic E-state index is -2.61. The molecule has 0 N–H and O–H groups in total. The van der Waals surface area contributed by atoms with Gasteiger partial charge in [0.1, 0.15) is 0 Å². The van der Waals surface area contributed by atoms with Crippen LogP contribution in [0.1, 0.15) is 12.2 Å². The van der Waals surface area contributed by atoms with E-state index in [0.717, 1.165) is 0 Å². The van der Waals surface area contributed by atoms with Crippen molar-refractivity contribution < 1.29 is 8.78 Å². The van der Waals surface area contributed by atoms with Crippen molar-refractivity contribution in [1.29, 1.82) is 0 Å². The van der Waals surface area contributed by atoms with Crippen LogP contribution in [-0.2, 0) is 0 Å². The van der Waals surface area contributed by atoms with Crippen LogP contribution in [0.2, 0.25) is 0 Å². The standard InChI is InChI=1S/C7H4BrF2N3/c8-4-1-2-5-11-12-7(6(9)10)13(5)3-4/h1-3,6H. The third-order valence-corrected chi connectivity index (χ3v) is 2.06. The van der Waals surface area contributed by atoms with Gasteiger partial charge in [0.2, 0.25) is 5.82 Å². The predicted octanol–water partition coefficient (Wildman–Crippen LogP) is 2.43. The lowest BCUT2D eigenvalue weighted by molar-refractivity contribution is 0.139. The molecular weight excluding hydrogens is 244 g/mol. The first-order valence-electron chi connectivity index (χ1n) is 3.47. The Bertz CT molecular complexity index is 440. The molecule has 0 spiro atoms. The maximum absolute atomic E-state index is 12.3. The Labute approximate surface area is 80.5 Å². The summed E-state index contributed by atoms with van der Waals surface area (Å²) < 4.78 is 26.6. The fourth-order valence-corrected chi connectivity index (χ4v) is 1.37. The average Bonchev–Trinajstić information content (AvgIpc) is 2.46. The molecule has 0 saturated heterocycles. The molecule has 0 unspecified atom stereocenters. The number of rotatable bonds is 1. The molecule has 0 fully saturated rings. The number of hydrogen-bond donors (Lipinski definition) is 0. The summed E-state index contributed by atoms with van der Waals surface area (Å²) in [5.41, 5.74) is 0.415. The van der Waals surface area contributed by atoms with Crippen LogP contribution in [0.5, 0.6) is 0 Å². The fraction of sp³-hybridized carbons (Fsp3) is 0.143. The summed E-state index contributed by atoms with van der Waals surface area (Å²) in [5.74, 6) is -0.337. The molecule has 0 atom stereocenters. The van der Waals surface area contributed by atoms with E-state index in [4.69, 9.17) is 0 Å². The summed E-state index contributed by atoms with van der Waals surface area (Å²) in [6, 6.07) is 3.34. The highest BCUT2D eigenvalue weighted by atomic mass is 79.9. The number of halogens is 3. The molecule has 0 aliphatic carbocycles. The van der Waals surface area contributed by atoms with Crippen molar-refractivity contribution in [2.75, 3.05) is 0 Å². The topological polar surface area (TPSA) is 30.2 Å². The lowest BCUT2D eigenvalue weighted by Crippen LogP contribution is -1.94. The summed E-state index contributed by atoms with van der Waals surface area (Å²) in [6.45, 7) is 0. The number of pyridine rings is 1. The normalized spacial score (nSPS) is 11.4. The molecule has 2 heterocycles. The summed E-state index contributed by atoms with van der Waals surface area (Å²) in [7, 11) is 0. The minimum absolute atomic E-state index is 0.337. The molecule has 2 rings (SSSR count). The zero-order valence-corrected chi connectivity index (χ0v) is 7.87. The van der Waals surface area contributed by atoms with E-state index >= 15 is 0 Å². The highest BCUT2D eigenvalue weighted by Gasteiger charge is 2.15. The van der Waals surface area contributed by atoms with E-state index in [1.165, 1.54) is 10.6 Å². The summed E-state index contributed by atoms with van der Waals surface area (Å²) in [5, 5.41) is 6.97. The van der Waals surface area contributed by atoms with Crippen molar-refractivity contribution in [3.8, 4) is 0 Å². The minimum Gasteiger partial charge on any atom is -0.280 e. The number of fused-ring (bicyclic) bond motifs is 1. The summed E-state index contributed by atoms with van der Waals surface area (Å²) in [4.78, 5) is 0. The Kier molecular flexibility index (Phi) is 1.99. The fourth-order valence-electron chi connectivity index (χ4n) is 1.03. The molecule has 2 aromatic heterocycles. The van der Waals surface area contributed by atoms with Crippen molar-refractivity contribution >= 4 is 21.6 Å². The maximum atomic E-state index is 12.3. The SMILES string of the molecule is FC(F)c1nnc2ccc(Br)cn12. The van der Waals surface area contributed by atoms with E-state index in [0.29, 0.717) is 10.1 Å². The van der Waals surface area contributed by atoms with Crippen LogP contribution in [-0.4, -0.2) is 14.6 Å². The molecule has 68 valence electrons. The Hall–Kier alpha value is -1.04. The maximum Gasteiger partial charge on any atom is 0.297 e. The van der Waals surface area contributed by atoms with Crippen LogP contribution in [0.15, 0.2) is 22.8 Å². The van der Waals surface area contributed by atoms with Gasteiger partial charge in [-0.1, -0.05) is 0 Å². The zero-order valence-electron chi connectivity index (χ0n) is 6.28. The van der Waals surface area contributed by atoms with Gasteiger partial charge in [-0.15, -0.1) is 10.2 Å². The van der Waals surface area contributed by atoms with E-state index in [-0.39, 0.29) is 5.82 Å². The average molecular weight is 248 g/mol. The van der Waals surface area contributed by atoms with Crippen molar-refractivity contribution in [1.82, 2.24) is 14.6 Å². The summed E-state index contributed by atoms with van der Waals surface area (Å²) in [6.07, 6.45) is -1.10. The largest absolute Gasteiger partial charge is 0.297 e. The van der Waals surface area contributed by atoms with Crippen LogP contribution < -0.4 is 0 Å². The van der Waals surface area contributed by atoms with Gasteiger partial charge in [0.15, 0.2) is 5.65 Å².